The van der Waals surface area contributed by atoms with Crippen LogP contribution in [-0.2, 0) is 0 Å². The largest absolute Gasteiger partial charge is 0.489 e. The fourth-order valence-corrected chi connectivity index (χ4v) is 1.82. The zero-order valence-corrected chi connectivity index (χ0v) is 12.4. The maximum Gasteiger partial charge on any atom is 0.335 e. The zero-order valence-electron chi connectivity index (χ0n) is 12.4. The van der Waals surface area contributed by atoms with Crippen molar-refractivity contribution < 1.29 is 23.8 Å². The number of aromatic nitrogens is 1. The molecular weight excluding hydrogens is 288 g/mol. The Hall–Kier alpha value is -2.83. The van der Waals surface area contributed by atoms with Crippen LogP contribution in [0.3, 0.4) is 0 Å². The van der Waals surface area contributed by atoms with E-state index in [4.69, 9.17) is 14.3 Å². The van der Waals surface area contributed by atoms with Crippen molar-refractivity contribution in [3.63, 3.8) is 0 Å². The molecule has 2 rings (SSSR count). The van der Waals surface area contributed by atoms with Crippen LogP contribution in [0.25, 0.3) is 0 Å². The van der Waals surface area contributed by atoms with E-state index in [1.165, 1.54) is 24.6 Å². The summed E-state index contributed by atoms with van der Waals surface area (Å²) >= 11 is 0. The predicted octanol–water partition coefficient (Wildman–Crippen LogP) is 2.72. The smallest absolute Gasteiger partial charge is 0.335 e. The number of amides is 1. The quantitative estimate of drug-likeness (QED) is 0.880. The summed E-state index contributed by atoms with van der Waals surface area (Å²) < 4.78 is 10.6. The second kappa shape index (κ2) is 6.30. The van der Waals surface area contributed by atoms with Crippen molar-refractivity contribution in [2.45, 2.75) is 26.9 Å². The van der Waals surface area contributed by atoms with E-state index in [1.54, 1.807) is 6.92 Å². The lowest BCUT2D eigenvalue weighted by molar-refractivity contribution is 0.0696. The molecule has 0 saturated heterocycles. The number of aryl methyl sites for hydroxylation is 1. The van der Waals surface area contributed by atoms with Crippen LogP contribution in [0.4, 0.5) is 5.69 Å². The normalized spacial score (nSPS) is 10.5. The van der Waals surface area contributed by atoms with E-state index in [2.05, 4.69) is 10.3 Å². The van der Waals surface area contributed by atoms with Crippen molar-refractivity contribution in [1.82, 2.24) is 4.98 Å². The highest BCUT2D eigenvalue weighted by molar-refractivity contribution is 6.04. The van der Waals surface area contributed by atoms with Crippen LogP contribution in [0, 0.1) is 6.92 Å². The SMILES string of the molecule is Cc1ncoc1C(=O)Nc1cc(C(=O)O)ccc1OC(C)C. The van der Waals surface area contributed by atoms with E-state index in [-0.39, 0.29) is 23.1 Å². The molecule has 0 bridgehead atoms. The van der Waals surface area contributed by atoms with Crippen LogP contribution in [0.15, 0.2) is 29.0 Å². The minimum Gasteiger partial charge on any atom is -0.489 e. The van der Waals surface area contributed by atoms with Gasteiger partial charge in [0.25, 0.3) is 5.91 Å². The number of rotatable bonds is 5. The summed E-state index contributed by atoms with van der Waals surface area (Å²) in [6, 6.07) is 4.26. The number of carbonyl (C=O) groups is 2. The molecule has 1 heterocycles. The van der Waals surface area contributed by atoms with Crippen LogP contribution in [-0.4, -0.2) is 28.1 Å². The molecule has 0 radical (unpaired) electrons. The van der Waals surface area contributed by atoms with Crippen LogP contribution in [0.1, 0.15) is 40.5 Å². The number of nitrogens with zero attached hydrogens (tertiary/aromatic N) is 1. The number of benzene rings is 1. The maximum absolute atomic E-state index is 12.2. The minimum absolute atomic E-state index is 0.0423. The van der Waals surface area contributed by atoms with E-state index >= 15 is 0 Å². The highest BCUT2D eigenvalue weighted by atomic mass is 16.5. The summed E-state index contributed by atoms with van der Waals surface area (Å²) in [6.45, 7) is 5.30. The second-order valence-corrected chi connectivity index (χ2v) is 4.90. The van der Waals surface area contributed by atoms with Gasteiger partial charge in [-0.15, -0.1) is 0 Å². The molecule has 22 heavy (non-hydrogen) atoms. The van der Waals surface area contributed by atoms with Gasteiger partial charge in [-0.25, -0.2) is 9.78 Å². The number of nitrogens with one attached hydrogen (secondary N) is 1. The molecule has 7 heteroatoms. The van der Waals surface area contributed by atoms with Crippen LogP contribution < -0.4 is 10.1 Å². The van der Waals surface area contributed by atoms with E-state index in [0.29, 0.717) is 11.4 Å². The number of hydrogen-bond acceptors (Lipinski definition) is 5. The molecule has 2 aromatic rings. The molecule has 7 nitrogen and oxygen atoms in total. The first-order valence-electron chi connectivity index (χ1n) is 6.64. The first kappa shape index (κ1) is 15.6. The summed E-state index contributed by atoms with van der Waals surface area (Å²) in [5.41, 5.74) is 0.744. The van der Waals surface area contributed by atoms with Gasteiger partial charge >= 0.3 is 5.97 Å². The fourth-order valence-electron chi connectivity index (χ4n) is 1.82. The van der Waals surface area contributed by atoms with Gasteiger partial charge in [0.1, 0.15) is 5.75 Å². The third-order valence-electron chi connectivity index (χ3n) is 2.79. The molecule has 0 aliphatic heterocycles. The number of oxazole rings is 1. The van der Waals surface area contributed by atoms with Gasteiger partial charge in [-0.3, -0.25) is 4.79 Å². The molecule has 1 aromatic heterocycles. The van der Waals surface area contributed by atoms with Crippen molar-refractivity contribution >= 4 is 17.6 Å². The molecule has 0 spiro atoms. The summed E-state index contributed by atoms with van der Waals surface area (Å²) in [7, 11) is 0. The van der Waals surface area contributed by atoms with Gasteiger partial charge < -0.3 is 19.6 Å². The number of anilines is 1. The predicted molar refractivity (Wildman–Crippen MR) is 78.4 cm³/mol. The lowest BCUT2D eigenvalue weighted by Crippen LogP contribution is -2.15. The number of carboxylic acids is 1. The van der Waals surface area contributed by atoms with E-state index in [9.17, 15) is 9.59 Å². The second-order valence-electron chi connectivity index (χ2n) is 4.90. The minimum atomic E-state index is -1.09. The van der Waals surface area contributed by atoms with Crippen molar-refractivity contribution in [3.8, 4) is 5.75 Å². The van der Waals surface area contributed by atoms with Gasteiger partial charge in [0.05, 0.1) is 23.0 Å². The Bertz CT molecular complexity index is 706. The van der Waals surface area contributed by atoms with Gasteiger partial charge in [-0.1, -0.05) is 0 Å². The lowest BCUT2D eigenvalue weighted by atomic mass is 10.1. The molecule has 0 atom stereocenters. The van der Waals surface area contributed by atoms with Crippen LogP contribution in [0.2, 0.25) is 0 Å². The number of hydrogen-bond donors (Lipinski definition) is 2. The first-order chi connectivity index (χ1) is 10.4. The number of carboxylic acid groups (broad SMARTS) is 1. The highest BCUT2D eigenvalue weighted by Gasteiger charge is 2.18. The Morgan fingerprint density at radius 3 is 2.64 bits per heavy atom. The van der Waals surface area contributed by atoms with Crippen molar-refractivity contribution in [2.24, 2.45) is 0 Å². The van der Waals surface area contributed by atoms with E-state index in [0.717, 1.165) is 0 Å². The Morgan fingerprint density at radius 1 is 1.36 bits per heavy atom. The van der Waals surface area contributed by atoms with Gasteiger partial charge in [0.15, 0.2) is 6.39 Å². The molecule has 0 aliphatic rings. The summed E-state index contributed by atoms with van der Waals surface area (Å²) in [6.07, 6.45) is 1.04. The van der Waals surface area contributed by atoms with E-state index < -0.39 is 11.9 Å². The lowest BCUT2D eigenvalue weighted by Gasteiger charge is -2.15. The number of carbonyl (C=O) groups excluding carboxylic acids is 1. The highest BCUT2D eigenvalue weighted by Crippen LogP contribution is 2.27. The number of aromatic carboxylic acids is 1. The van der Waals surface area contributed by atoms with Gasteiger partial charge in [-0.2, -0.15) is 0 Å². The molecule has 2 N–H and O–H groups in total. The van der Waals surface area contributed by atoms with Crippen molar-refractivity contribution in [3.05, 3.63) is 41.6 Å². The molecular formula is C15H16N2O5. The third kappa shape index (κ3) is 3.43. The van der Waals surface area contributed by atoms with Gasteiger partial charge in [0.2, 0.25) is 5.76 Å². The standard InChI is InChI=1S/C15H16N2O5/c1-8(2)22-12-5-4-10(15(19)20)6-11(12)17-14(18)13-9(3)16-7-21-13/h4-8H,1-3H3,(H,17,18)(H,19,20). The van der Waals surface area contributed by atoms with Crippen LogP contribution in [0.5, 0.6) is 5.75 Å². The Balaban J connectivity index is 2.34. The molecule has 0 unspecified atom stereocenters. The average Bonchev–Trinajstić information content (AvgIpc) is 2.86. The Labute approximate surface area is 126 Å². The van der Waals surface area contributed by atoms with Crippen molar-refractivity contribution in [2.75, 3.05) is 5.32 Å². The molecule has 1 aromatic carbocycles. The van der Waals surface area contributed by atoms with Gasteiger partial charge in [0, 0.05) is 0 Å². The van der Waals surface area contributed by atoms with Crippen LogP contribution >= 0.6 is 0 Å². The average molecular weight is 304 g/mol. The van der Waals surface area contributed by atoms with Gasteiger partial charge in [-0.05, 0) is 39.0 Å². The van der Waals surface area contributed by atoms with Crippen molar-refractivity contribution in [1.29, 1.82) is 0 Å². The summed E-state index contributed by atoms with van der Waals surface area (Å²) in [5, 5.41) is 11.7. The Kier molecular flexibility index (Phi) is 4.45. The topological polar surface area (TPSA) is 102 Å². The molecule has 0 aliphatic carbocycles. The fraction of sp³-hybridized carbons (Fsp3) is 0.267. The third-order valence-corrected chi connectivity index (χ3v) is 2.79. The molecule has 116 valence electrons. The summed E-state index contributed by atoms with van der Waals surface area (Å²) in [5.74, 6) is -1.17. The number of ether oxygens (including phenoxy) is 1. The first-order valence-corrected chi connectivity index (χ1v) is 6.64. The molecule has 1 amide bonds. The summed E-state index contributed by atoms with van der Waals surface area (Å²) in [4.78, 5) is 27.1. The zero-order chi connectivity index (χ0) is 16.3. The molecule has 0 saturated carbocycles. The van der Waals surface area contributed by atoms with E-state index in [1.807, 2.05) is 13.8 Å². The molecule has 0 fully saturated rings. The maximum atomic E-state index is 12.2. The Morgan fingerprint density at radius 2 is 2.09 bits per heavy atom. The monoisotopic (exact) mass is 304 g/mol.